The summed E-state index contributed by atoms with van der Waals surface area (Å²) in [6.07, 6.45) is -0.818. The van der Waals surface area contributed by atoms with Gasteiger partial charge in [0.05, 0.1) is 7.11 Å². The summed E-state index contributed by atoms with van der Waals surface area (Å²) in [6.45, 7) is 0.0430. The molecule has 1 atom stereocenters. The zero-order valence-corrected chi connectivity index (χ0v) is 12.9. The maximum atomic E-state index is 11.9. The lowest BCUT2D eigenvalue weighted by Crippen LogP contribution is -2.34. The van der Waals surface area contributed by atoms with Crippen LogP contribution in [0.5, 0.6) is 11.5 Å². The molecule has 0 aromatic heterocycles. The number of carbonyl (C=O) groups excluding carboxylic acids is 2. The van der Waals surface area contributed by atoms with Crippen LogP contribution in [0.2, 0.25) is 0 Å². The van der Waals surface area contributed by atoms with Gasteiger partial charge in [-0.05, 0) is 23.3 Å². The standard InChI is InChI=1S/C17H17NO6/c1-23-16(21)15(12-7-8-13(19)14(20)9-12)18-17(22)24-10-11-5-3-2-4-6-11/h2-9,15,19-20H,10H2,1H3,(H,18,22). The number of benzene rings is 2. The molecule has 0 aliphatic heterocycles. The molecule has 0 radical (unpaired) electrons. The molecule has 126 valence electrons. The number of aromatic hydroxyl groups is 2. The molecule has 7 heteroatoms. The van der Waals surface area contributed by atoms with Crippen LogP contribution < -0.4 is 5.32 Å². The molecule has 2 aromatic rings. The highest BCUT2D eigenvalue weighted by atomic mass is 16.6. The topological polar surface area (TPSA) is 105 Å². The molecule has 2 aromatic carbocycles. The maximum absolute atomic E-state index is 11.9. The van der Waals surface area contributed by atoms with E-state index in [1.807, 2.05) is 18.2 Å². The normalized spacial score (nSPS) is 11.4. The second kappa shape index (κ2) is 7.87. The van der Waals surface area contributed by atoms with Crippen molar-refractivity contribution < 1.29 is 29.3 Å². The van der Waals surface area contributed by atoms with Crippen molar-refractivity contribution in [3.63, 3.8) is 0 Å². The van der Waals surface area contributed by atoms with Gasteiger partial charge in [0.1, 0.15) is 6.61 Å². The molecule has 2 rings (SSSR count). The highest BCUT2D eigenvalue weighted by Crippen LogP contribution is 2.28. The van der Waals surface area contributed by atoms with Crippen molar-refractivity contribution in [3.05, 3.63) is 59.7 Å². The van der Waals surface area contributed by atoms with E-state index in [9.17, 15) is 19.8 Å². The number of alkyl carbamates (subject to hydrolysis) is 1. The van der Waals surface area contributed by atoms with Gasteiger partial charge in [-0.1, -0.05) is 36.4 Å². The van der Waals surface area contributed by atoms with E-state index < -0.39 is 23.9 Å². The molecule has 1 amide bonds. The molecule has 0 aliphatic rings. The summed E-state index contributed by atoms with van der Waals surface area (Å²) in [6, 6.07) is 11.6. The minimum absolute atomic E-state index is 0.0430. The molecular weight excluding hydrogens is 314 g/mol. The van der Waals surface area contributed by atoms with Gasteiger partial charge in [-0.15, -0.1) is 0 Å². The zero-order valence-electron chi connectivity index (χ0n) is 12.9. The Balaban J connectivity index is 2.06. The summed E-state index contributed by atoms with van der Waals surface area (Å²) >= 11 is 0. The number of hydrogen-bond donors (Lipinski definition) is 3. The van der Waals surface area contributed by atoms with E-state index >= 15 is 0 Å². The fourth-order valence-electron chi connectivity index (χ4n) is 2.00. The van der Waals surface area contributed by atoms with Gasteiger partial charge in [0, 0.05) is 0 Å². The van der Waals surface area contributed by atoms with E-state index in [2.05, 4.69) is 10.1 Å². The SMILES string of the molecule is COC(=O)C(NC(=O)OCc1ccccc1)c1ccc(O)c(O)c1. The van der Waals surface area contributed by atoms with E-state index in [0.717, 1.165) is 11.6 Å². The molecule has 0 heterocycles. The van der Waals surface area contributed by atoms with Gasteiger partial charge in [0.2, 0.25) is 0 Å². The van der Waals surface area contributed by atoms with Crippen LogP contribution in [0, 0.1) is 0 Å². The van der Waals surface area contributed by atoms with Gasteiger partial charge in [0.25, 0.3) is 0 Å². The van der Waals surface area contributed by atoms with Gasteiger partial charge in [-0.25, -0.2) is 9.59 Å². The lowest BCUT2D eigenvalue weighted by molar-refractivity contribution is -0.143. The lowest BCUT2D eigenvalue weighted by atomic mass is 10.1. The Morgan fingerprint density at radius 2 is 1.79 bits per heavy atom. The van der Waals surface area contributed by atoms with Crippen molar-refractivity contribution in [1.82, 2.24) is 5.32 Å². The lowest BCUT2D eigenvalue weighted by Gasteiger charge is -2.17. The zero-order chi connectivity index (χ0) is 17.5. The Labute approximate surface area is 138 Å². The van der Waals surface area contributed by atoms with Crippen LogP contribution in [0.25, 0.3) is 0 Å². The van der Waals surface area contributed by atoms with Gasteiger partial charge in [-0.3, -0.25) is 0 Å². The average Bonchev–Trinajstić information content (AvgIpc) is 2.60. The van der Waals surface area contributed by atoms with Crippen LogP contribution in [0.4, 0.5) is 4.79 Å². The molecule has 0 aliphatic carbocycles. The van der Waals surface area contributed by atoms with E-state index in [-0.39, 0.29) is 17.9 Å². The summed E-state index contributed by atoms with van der Waals surface area (Å²) in [7, 11) is 1.17. The first kappa shape index (κ1) is 17.1. The highest BCUT2D eigenvalue weighted by molar-refractivity contribution is 5.82. The summed E-state index contributed by atoms with van der Waals surface area (Å²) < 4.78 is 9.71. The summed E-state index contributed by atoms with van der Waals surface area (Å²) in [5.41, 5.74) is 1.04. The van der Waals surface area contributed by atoms with Gasteiger partial charge in [0.15, 0.2) is 17.5 Å². The number of phenols is 2. The van der Waals surface area contributed by atoms with Gasteiger partial charge < -0.3 is 25.0 Å². The van der Waals surface area contributed by atoms with Crippen molar-refractivity contribution >= 4 is 12.1 Å². The first-order chi connectivity index (χ1) is 11.5. The van der Waals surface area contributed by atoms with Gasteiger partial charge in [-0.2, -0.15) is 0 Å². The molecule has 3 N–H and O–H groups in total. The number of rotatable bonds is 5. The van der Waals surface area contributed by atoms with Crippen molar-refractivity contribution in [2.45, 2.75) is 12.6 Å². The number of hydrogen-bond acceptors (Lipinski definition) is 6. The number of ether oxygens (including phenoxy) is 2. The molecule has 0 spiro atoms. The minimum Gasteiger partial charge on any atom is -0.504 e. The Morgan fingerprint density at radius 1 is 1.08 bits per heavy atom. The second-order valence-corrected chi connectivity index (χ2v) is 4.91. The van der Waals surface area contributed by atoms with Crippen LogP contribution in [0.1, 0.15) is 17.2 Å². The number of carbonyl (C=O) groups is 2. The van der Waals surface area contributed by atoms with Crippen LogP contribution in [-0.2, 0) is 20.9 Å². The van der Waals surface area contributed by atoms with Crippen molar-refractivity contribution in [1.29, 1.82) is 0 Å². The minimum atomic E-state index is -1.18. The third-order valence-electron chi connectivity index (χ3n) is 3.24. The Bertz CT molecular complexity index is 716. The summed E-state index contributed by atoms with van der Waals surface area (Å²) in [4.78, 5) is 23.8. The van der Waals surface area contributed by atoms with E-state index in [0.29, 0.717) is 0 Å². The monoisotopic (exact) mass is 331 g/mol. The number of phenolic OH excluding ortho intramolecular Hbond substituents is 2. The Morgan fingerprint density at radius 3 is 2.42 bits per heavy atom. The third-order valence-corrected chi connectivity index (χ3v) is 3.24. The molecule has 24 heavy (non-hydrogen) atoms. The third kappa shape index (κ3) is 4.39. The predicted octanol–water partition coefficient (Wildman–Crippen LogP) is 2.24. The molecular formula is C17H17NO6. The quantitative estimate of drug-likeness (QED) is 0.573. The van der Waals surface area contributed by atoms with Crippen LogP contribution in [0.15, 0.2) is 48.5 Å². The molecule has 7 nitrogen and oxygen atoms in total. The fraction of sp³-hybridized carbons (Fsp3) is 0.176. The number of nitrogens with one attached hydrogen (secondary N) is 1. The largest absolute Gasteiger partial charge is 0.504 e. The number of amides is 1. The summed E-state index contributed by atoms with van der Waals surface area (Å²) in [5.74, 6) is -1.49. The van der Waals surface area contributed by atoms with E-state index in [1.54, 1.807) is 12.1 Å². The van der Waals surface area contributed by atoms with Crippen molar-refractivity contribution in [3.8, 4) is 11.5 Å². The van der Waals surface area contributed by atoms with Crippen LogP contribution >= 0.6 is 0 Å². The van der Waals surface area contributed by atoms with E-state index in [1.165, 1.54) is 19.2 Å². The predicted molar refractivity (Wildman–Crippen MR) is 84.3 cm³/mol. The smallest absolute Gasteiger partial charge is 0.408 e. The molecule has 0 saturated heterocycles. The van der Waals surface area contributed by atoms with E-state index in [4.69, 9.17) is 4.74 Å². The first-order valence-corrected chi connectivity index (χ1v) is 7.08. The fourth-order valence-corrected chi connectivity index (χ4v) is 2.00. The number of esters is 1. The molecule has 0 fully saturated rings. The van der Waals surface area contributed by atoms with Crippen molar-refractivity contribution in [2.75, 3.05) is 7.11 Å². The Kier molecular flexibility index (Phi) is 5.62. The Hall–Kier alpha value is -3.22. The van der Waals surface area contributed by atoms with Crippen LogP contribution in [-0.4, -0.2) is 29.4 Å². The van der Waals surface area contributed by atoms with Crippen molar-refractivity contribution in [2.24, 2.45) is 0 Å². The molecule has 1 unspecified atom stereocenters. The first-order valence-electron chi connectivity index (χ1n) is 7.08. The molecule has 0 saturated carbocycles. The van der Waals surface area contributed by atoms with Gasteiger partial charge >= 0.3 is 12.1 Å². The average molecular weight is 331 g/mol. The summed E-state index contributed by atoms with van der Waals surface area (Å²) in [5, 5.41) is 21.3. The second-order valence-electron chi connectivity index (χ2n) is 4.91. The van der Waals surface area contributed by atoms with Crippen LogP contribution in [0.3, 0.4) is 0 Å². The molecule has 0 bridgehead atoms. The maximum Gasteiger partial charge on any atom is 0.408 e. The number of methoxy groups -OCH3 is 1. The highest BCUT2D eigenvalue weighted by Gasteiger charge is 2.25.